The minimum absolute atomic E-state index is 0.0972. The first-order valence-electron chi connectivity index (χ1n) is 5.21. The number of hydrogen-bond acceptors (Lipinski definition) is 5. The first kappa shape index (κ1) is 13.9. The van der Waals surface area contributed by atoms with Crippen molar-refractivity contribution in [1.29, 1.82) is 0 Å². The van der Waals surface area contributed by atoms with Crippen LogP contribution in [0.5, 0.6) is 5.75 Å². The van der Waals surface area contributed by atoms with Crippen LogP contribution in [0.1, 0.15) is 0 Å². The van der Waals surface area contributed by atoms with Crippen LogP contribution in [-0.2, 0) is 9.84 Å². The fourth-order valence-corrected chi connectivity index (χ4v) is 3.35. The summed E-state index contributed by atoms with van der Waals surface area (Å²) in [4.78, 5) is 0.0972. The van der Waals surface area contributed by atoms with E-state index in [1.54, 1.807) is 6.07 Å². The number of anilines is 1. The van der Waals surface area contributed by atoms with E-state index in [0.717, 1.165) is 6.26 Å². The van der Waals surface area contributed by atoms with E-state index in [1.165, 1.54) is 19.4 Å². The number of benzene rings is 1. The third-order valence-corrected chi connectivity index (χ3v) is 4.28. The fraction of sp³-hybridized carbons (Fsp3) is 0.182. The van der Waals surface area contributed by atoms with E-state index in [4.69, 9.17) is 10.5 Å². The van der Waals surface area contributed by atoms with Crippen LogP contribution in [0.2, 0.25) is 0 Å². The van der Waals surface area contributed by atoms with Crippen molar-refractivity contribution in [1.82, 2.24) is 10.2 Å². The van der Waals surface area contributed by atoms with Crippen LogP contribution in [0.3, 0.4) is 0 Å². The molecule has 1 heterocycles. The van der Waals surface area contributed by atoms with Crippen LogP contribution < -0.4 is 10.5 Å². The number of aromatic amines is 1. The summed E-state index contributed by atoms with van der Waals surface area (Å²) in [6, 6.07) is 3.24. The molecule has 102 valence electrons. The summed E-state index contributed by atoms with van der Waals surface area (Å²) >= 11 is 3.30. The van der Waals surface area contributed by atoms with Crippen LogP contribution >= 0.6 is 15.9 Å². The third-order valence-electron chi connectivity index (χ3n) is 2.59. The predicted octanol–water partition coefficient (Wildman–Crippen LogP) is 1.83. The average Bonchev–Trinajstić information content (AvgIpc) is 2.73. The van der Waals surface area contributed by atoms with E-state index in [2.05, 4.69) is 26.1 Å². The van der Waals surface area contributed by atoms with Crippen LogP contribution in [0, 0.1) is 0 Å². The van der Waals surface area contributed by atoms with E-state index < -0.39 is 9.84 Å². The maximum absolute atomic E-state index is 11.8. The summed E-state index contributed by atoms with van der Waals surface area (Å²) in [7, 11) is -2.00. The Labute approximate surface area is 119 Å². The van der Waals surface area contributed by atoms with E-state index >= 15 is 0 Å². The second kappa shape index (κ2) is 4.86. The van der Waals surface area contributed by atoms with Gasteiger partial charge in [-0.15, -0.1) is 0 Å². The molecule has 0 aliphatic rings. The summed E-state index contributed by atoms with van der Waals surface area (Å²) in [5, 5.41) is 6.42. The number of H-pyrrole nitrogens is 1. The number of nitrogens with two attached hydrogens (primary N) is 1. The van der Waals surface area contributed by atoms with Crippen molar-refractivity contribution >= 4 is 31.6 Å². The summed E-state index contributed by atoms with van der Waals surface area (Å²) in [6.07, 6.45) is 2.66. The number of ether oxygens (including phenoxy) is 1. The minimum atomic E-state index is -3.42. The Kier molecular flexibility index (Phi) is 3.55. The standard InChI is InChI=1S/C11H12BrN3O3S/c1-18-10-8(12)3-6(4-9(10)19(2,16)17)7-5-14-15-11(7)13/h3-5H,1-2H3,(H3,13,14,15). The molecule has 0 saturated heterocycles. The normalized spacial score (nSPS) is 11.5. The summed E-state index contributed by atoms with van der Waals surface area (Å²) in [5.74, 6) is 0.643. The van der Waals surface area contributed by atoms with Gasteiger partial charge in [-0.3, -0.25) is 5.10 Å². The van der Waals surface area contributed by atoms with Gasteiger partial charge in [0.05, 0.1) is 17.8 Å². The van der Waals surface area contributed by atoms with E-state index in [1.807, 2.05) is 0 Å². The SMILES string of the molecule is COc1c(Br)cc(-c2cn[nH]c2N)cc1S(C)(=O)=O. The molecule has 0 radical (unpaired) electrons. The van der Waals surface area contributed by atoms with Crippen LogP contribution in [0.25, 0.3) is 11.1 Å². The molecule has 3 N–H and O–H groups in total. The van der Waals surface area contributed by atoms with Gasteiger partial charge in [0, 0.05) is 11.8 Å². The van der Waals surface area contributed by atoms with Gasteiger partial charge in [-0.25, -0.2) is 8.42 Å². The van der Waals surface area contributed by atoms with Crippen molar-refractivity contribution in [3.8, 4) is 16.9 Å². The molecule has 19 heavy (non-hydrogen) atoms. The molecule has 0 spiro atoms. The number of hydrogen-bond donors (Lipinski definition) is 2. The molecule has 0 saturated carbocycles. The molecule has 0 bridgehead atoms. The number of sulfone groups is 1. The van der Waals surface area contributed by atoms with E-state index in [-0.39, 0.29) is 10.6 Å². The van der Waals surface area contributed by atoms with Gasteiger partial charge in [0.1, 0.15) is 10.7 Å². The third kappa shape index (κ3) is 2.59. The first-order chi connectivity index (χ1) is 8.84. The molecule has 0 aliphatic carbocycles. The summed E-state index contributed by atoms with van der Waals surface area (Å²) in [5.41, 5.74) is 7.01. The fourth-order valence-electron chi connectivity index (χ4n) is 1.72. The molecule has 2 rings (SSSR count). The zero-order valence-electron chi connectivity index (χ0n) is 10.3. The van der Waals surface area contributed by atoms with Gasteiger partial charge in [0.2, 0.25) is 0 Å². The number of methoxy groups -OCH3 is 1. The van der Waals surface area contributed by atoms with E-state index in [0.29, 0.717) is 21.4 Å². The van der Waals surface area contributed by atoms with Gasteiger partial charge in [-0.1, -0.05) is 0 Å². The molecule has 0 amide bonds. The Morgan fingerprint density at radius 2 is 2.11 bits per heavy atom. The number of rotatable bonds is 3. The lowest BCUT2D eigenvalue weighted by atomic mass is 10.1. The van der Waals surface area contributed by atoms with Gasteiger partial charge >= 0.3 is 0 Å². The van der Waals surface area contributed by atoms with Crippen LogP contribution in [0.15, 0.2) is 27.7 Å². The molecule has 1 aromatic heterocycles. The molecule has 0 atom stereocenters. The van der Waals surface area contributed by atoms with E-state index in [9.17, 15) is 8.42 Å². The summed E-state index contributed by atoms with van der Waals surface area (Å²) < 4.78 is 29.3. The van der Waals surface area contributed by atoms with Gasteiger partial charge < -0.3 is 10.5 Å². The average molecular weight is 346 g/mol. The zero-order chi connectivity index (χ0) is 14.2. The molecule has 0 fully saturated rings. The maximum Gasteiger partial charge on any atom is 0.179 e. The second-order valence-electron chi connectivity index (χ2n) is 3.96. The number of halogens is 1. The van der Waals surface area contributed by atoms with Gasteiger partial charge in [-0.2, -0.15) is 5.10 Å². The Morgan fingerprint density at radius 3 is 2.58 bits per heavy atom. The lowest BCUT2D eigenvalue weighted by Gasteiger charge is -2.11. The van der Waals surface area contributed by atoms with Crippen molar-refractivity contribution in [3.63, 3.8) is 0 Å². The largest absolute Gasteiger partial charge is 0.494 e. The van der Waals surface area contributed by atoms with Crippen molar-refractivity contribution < 1.29 is 13.2 Å². The number of nitrogens with zero attached hydrogens (tertiary/aromatic N) is 1. The van der Waals surface area contributed by atoms with Gasteiger partial charge in [-0.05, 0) is 33.6 Å². The lowest BCUT2D eigenvalue weighted by molar-refractivity contribution is 0.400. The molecule has 0 aliphatic heterocycles. The Hall–Kier alpha value is -1.54. The highest BCUT2D eigenvalue weighted by molar-refractivity contribution is 9.10. The number of nitrogen functional groups attached to an aromatic ring is 1. The Balaban J connectivity index is 2.75. The van der Waals surface area contributed by atoms with Crippen molar-refractivity contribution in [2.75, 3.05) is 19.1 Å². The topological polar surface area (TPSA) is 98.1 Å². The van der Waals surface area contributed by atoms with Crippen LogP contribution in [-0.4, -0.2) is 32.0 Å². The van der Waals surface area contributed by atoms with Crippen molar-refractivity contribution in [3.05, 3.63) is 22.8 Å². The highest BCUT2D eigenvalue weighted by atomic mass is 79.9. The van der Waals surface area contributed by atoms with Crippen molar-refractivity contribution in [2.24, 2.45) is 0 Å². The quantitative estimate of drug-likeness (QED) is 0.884. The molecular weight excluding hydrogens is 334 g/mol. The molecular formula is C11H12BrN3O3S. The molecule has 8 heteroatoms. The summed E-state index contributed by atoms with van der Waals surface area (Å²) in [6.45, 7) is 0. The lowest BCUT2D eigenvalue weighted by Crippen LogP contribution is -2.02. The highest BCUT2D eigenvalue weighted by Gasteiger charge is 2.20. The van der Waals surface area contributed by atoms with Gasteiger partial charge in [0.25, 0.3) is 0 Å². The molecule has 6 nitrogen and oxygen atoms in total. The maximum atomic E-state index is 11.8. The smallest absolute Gasteiger partial charge is 0.179 e. The van der Waals surface area contributed by atoms with Gasteiger partial charge in [0.15, 0.2) is 15.6 Å². The Morgan fingerprint density at radius 1 is 1.42 bits per heavy atom. The van der Waals surface area contributed by atoms with Crippen LogP contribution in [0.4, 0.5) is 5.82 Å². The molecule has 1 aromatic carbocycles. The zero-order valence-corrected chi connectivity index (χ0v) is 12.7. The minimum Gasteiger partial charge on any atom is -0.494 e. The predicted molar refractivity (Wildman–Crippen MR) is 75.8 cm³/mol. The Bertz CT molecular complexity index is 725. The molecule has 2 aromatic rings. The number of nitrogens with one attached hydrogen (secondary N) is 1. The molecule has 0 unspecified atom stereocenters. The second-order valence-corrected chi connectivity index (χ2v) is 6.80. The van der Waals surface area contributed by atoms with Crippen molar-refractivity contribution in [2.45, 2.75) is 4.90 Å². The first-order valence-corrected chi connectivity index (χ1v) is 7.90. The monoisotopic (exact) mass is 345 g/mol. The number of aromatic nitrogens is 2. The highest BCUT2D eigenvalue weighted by Crippen LogP contribution is 2.37.